The molecule has 0 unspecified atom stereocenters. The summed E-state index contributed by atoms with van der Waals surface area (Å²) < 4.78 is 7.62. The number of imidazole rings is 1. The molecule has 0 aliphatic carbocycles. The van der Waals surface area contributed by atoms with Gasteiger partial charge in [0.15, 0.2) is 0 Å². The molecule has 4 aromatic rings. The number of rotatable bonds is 2. The number of aryl methyl sites for hydroxylation is 1. The van der Waals surface area contributed by atoms with Gasteiger partial charge in [0.05, 0.1) is 11.3 Å². The SMILES string of the molecule is Cc1cccn2cc(-c3cc4ccc(N5CCN[C@@H](C)C5)cc4oc3=O)nc12. The van der Waals surface area contributed by atoms with E-state index in [2.05, 4.69) is 28.2 Å². The molecule has 1 aliphatic heterocycles. The number of nitrogens with zero attached hydrogens (tertiary/aromatic N) is 3. The van der Waals surface area contributed by atoms with Gasteiger partial charge in [-0.1, -0.05) is 6.07 Å². The summed E-state index contributed by atoms with van der Waals surface area (Å²) in [5, 5.41) is 4.34. The number of pyridine rings is 1. The van der Waals surface area contributed by atoms with Gasteiger partial charge >= 0.3 is 5.63 Å². The average Bonchev–Trinajstić information content (AvgIpc) is 3.12. The largest absolute Gasteiger partial charge is 0.422 e. The van der Waals surface area contributed by atoms with E-state index in [1.54, 1.807) is 0 Å². The molecule has 0 radical (unpaired) electrons. The number of hydrogen-bond donors (Lipinski definition) is 1. The van der Waals surface area contributed by atoms with Crippen molar-refractivity contribution in [2.45, 2.75) is 19.9 Å². The van der Waals surface area contributed by atoms with Crippen LogP contribution >= 0.6 is 0 Å². The summed E-state index contributed by atoms with van der Waals surface area (Å²) in [6.07, 6.45) is 3.80. The first kappa shape index (κ1) is 17.0. The van der Waals surface area contributed by atoms with Crippen LogP contribution in [0.4, 0.5) is 5.69 Å². The smallest absolute Gasteiger partial charge is 0.345 e. The molecule has 0 amide bonds. The molecule has 1 fully saturated rings. The fraction of sp³-hybridized carbons (Fsp3) is 0.273. The highest BCUT2D eigenvalue weighted by Gasteiger charge is 2.17. The van der Waals surface area contributed by atoms with E-state index in [4.69, 9.17) is 4.42 Å². The number of piperazine rings is 1. The molecule has 0 spiro atoms. The third-order valence-corrected chi connectivity index (χ3v) is 5.41. The highest BCUT2D eigenvalue weighted by molar-refractivity contribution is 5.84. The van der Waals surface area contributed by atoms with Crippen molar-refractivity contribution in [3.8, 4) is 11.3 Å². The predicted octanol–water partition coefficient (Wildman–Crippen LogP) is 3.21. The van der Waals surface area contributed by atoms with Crippen molar-refractivity contribution in [1.29, 1.82) is 0 Å². The summed E-state index contributed by atoms with van der Waals surface area (Å²) in [5.41, 5.74) is 4.36. The third-order valence-electron chi connectivity index (χ3n) is 5.41. The summed E-state index contributed by atoms with van der Waals surface area (Å²) >= 11 is 0. The minimum Gasteiger partial charge on any atom is -0.422 e. The first-order valence-electron chi connectivity index (χ1n) is 9.59. The number of fused-ring (bicyclic) bond motifs is 2. The van der Waals surface area contributed by atoms with Gasteiger partial charge < -0.3 is 19.0 Å². The molecule has 0 bridgehead atoms. The summed E-state index contributed by atoms with van der Waals surface area (Å²) in [6, 6.07) is 12.4. The zero-order chi connectivity index (χ0) is 19.3. The number of benzene rings is 1. The molecule has 28 heavy (non-hydrogen) atoms. The summed E-state index contributed by atoms with van der Waals surface area (Å²) in [7, 11) is 0. The molecule has 1 aliphatic rings. The lowest BCUT2D eigenvalue weighted by Gasteiger charge is -2.33. The van der Waals surface area contributed by atoms with Crippen LogP contribution in [0.5, 0.6) is 0 Å². The van der Waals surface area contributed by atoms with Gasteiger partial charge in [-0.25, -0.2) is 9.78 Å². The molecule has 3 aromatic heterocycles. The Morgan fingerprint density at radius 1 is 1.25 bits per heavy atom. The van der Waals surface area contributed by atoms with Gasteiger partial charge in [-0.3, -0.25) is 0 Å². The van der Waals surface area contributed by atoms with E-state index < -0.39 is 0 Å². The van der Waals surface area contributed by atoms with Crippen molar-refractivity contribution in [3.05, 3.63) is 64.8 Å². The number of hydrogen-bond acceptors (Lipinski definition) is 5. The standard InChI is InChI=1S/C22H22N4O2/c1-14-4-3-8-26-13-19(24-21(14)26)18-10-16-5-6-17(11-20(16)28-22(18)27)25-9-7-23-15(2)12-25/h3-6,8,10-11,13,15,23H,7,9,12H2,1-2H3/t15-/m0/s1. The molecule has 1 aromatic carbocycles. The molecule has 1 N–H and O–H groups in total. The minimum atomic E-state index is -0.362. The van der Waals surface area contributed by atoms with Crippen LogP contribution in [0.1, 0.15) is 12.5 Å². The lowest BCUT2D eigenvalue weighted by Crippen LogP contribution is -2.49. The highest BCUT2D eigenvalue weighted by atomic mass is 16.4. The van der Waals surface area contributed by atoms with E-state index in [9.17, 15) is 4.79 Å². The molecule has 5 rings (SSSR count). The molecule has 0 saturated carbocycles. The maximum absolute atomic E-state index is 12.7. The van der Waals surface area contributed by atoms with Crippen LogP contribution in [0.15, 0.2) is 58.0 Å². The van der Waals surface area contributed by atoms with Crippen molar-refractivity contribution >= 4 is 22.3 Å². The molecule has 6 nitrogen and oxygen atoms in total. The molecule has 142 valence electrons. The van der Waals surface area contributed by atoms with Gasteiger partial charge in [-0.2, -0.15) is 0 Å². The summed E-state index contributed by atoms with van der Waals surface area (Å²) in [6.45, 7) is 7.02. The normalized spacial score (nSPS) is 17.5. The third kappa shape index (κ3) is 2.86. The molecule has 1 atom stereocenters. The van der Waals surface area contributed by atoms with Crippen molar-refractivity contribution in [3.63, 3.8) is 0 Å². The monoisotopic (exact) mass is 374 g/mol. The van der Waals surface area contributed by atoms with Gasteiger partial charge in [0, 0.05) is 55.2 Å². The van der Waals surface area contributed by atoms with Crippen LogP contribution in [0.2, 0.25) is 0 Å². The van der Waals surface area contributed by atoms with E-state index in [1.165, 1.54) is 0 Å². The van der Waals surface area contributed by atoms with E-state index in [1.807, 2.05) is 54.0 Å². The fourth-order valence-electron chi connectivity index (χ4n) is 3.93. The van der Waals surface area contributed by atoms with Crippen molar-refractivity contribution in [1.82, 2.24) is 14.7 Å². The Bertz CT molecular complexity index is 1240. The summed E-state index contributed by atoms with van der Waals surface area (Å²) in [4.78, 5) is 19.7. The average molecular weight is 374 g/mol. The van der Waals surface area contributed by atoms with Gasteiger partial charge in [-0.15, -0.1) is 0 Å². The Hall–Kier alpha value is -3.12. The van der Waals surface area contributed by atoms with E-state index >= 15 is 0 Å². The van der Waals surface area contributed by atoms with Crippen molar-refractivity contribution in [2.24, 2.45) is 0 Å². The van der Waals surface area contributed by atoms with Gasteiger partial charge in [0.1, 0.15) is 11.2 Å². The van der Waals surface area contributed by atoms with Gasteiger partial charge in [0.25, 0.3) is 0 Å². The molecular formula is C22H22N4O2. The Labute approximate surface area is 162 Å². The molecular weight excluding hydrogens is 352 g/mol. The zero-order valence-electron chi connectivity index (χ0n) is 16.0. The Morgan fingerprint density at radius 2 is 2.14 bits per heavy atom. The van der Waals surface area contributed by atoms with Crippen LogP contribution in [-0.2, 0) is 0 Å². The Morgan fingerprint density at radius 3 is 2.96 bits per heavy atom. The molecule has 1 saturated heterocycles. The second kappa shape index (κ2) is 6.49. The van der Waals surface area contributed by atoms with Gasteiger partial charge in [-0.05, 0) is 43.7 Å². The van der Waals surface area contributed by atoms with Gasteiger partial charge in [0.2, 0.25) is 0 Å². The second-order valence-corrected chi connectivity index (χ2v) is 7.52. The lowest BCUT2D eigenvalue weighted by molar-refractivity contribution is 0.484. The van der Waals surface area contributed by atoms with Crippen LogP contribution in [-0.4, -0.2) is 35.1 Å². The highest BCUT2D eigenvalue weighted by Crippen LogP contribution is 2.26. The lowest BCUT2D eigenvalue weighted by atomic mass is 10.1. The maximum Gasteiger partial charge on any atom is 0.345 e. The number of nitrogens with one attached hydrogen (secondary N) is 1. The maximum atomic E-state index is 12.7. The Balaban J connectivity index is 1.57. The van der Waals surface area contributed by atoms with Crippen LogP contribution in [0, 0.1) is 6.92 Å². The predicted molar refractivity (Wildman–Crippen MR) is 111 cm³/mol. The topological polar surface area (TPSA) is 62.8 Å². The van der Waals surface area contributed by atoms with Crippen molar-refractivity contribution in [2.75, 3.05) is 24.5 Å². The van der Waals surface area contributed by atoms with E-state index in [-0.39, 0.29) is 5.63 Å². The Kier molecular flexibility index (Phi) is 3.94. The van der Waals surface area contributed by atoms with Crippen LogP contribution < -0.4 is 15.8 Å². The first-order chi connectivity index (χ1) is 13.6. The number of aromatic nitrogens is 2. The van der Waals surface area contributed by atoms with Crippen LogP contribution in [0.25, 0.3) is 27.9 Å². The molecule has 4 heterocycles. The molecule has 6 heteroatoms. The zero-order valence-corrected chi connectivity index (χ0v) is 16.0. The van der Waals surface area contributed by atoms with E-state index in [0.717, 1.165) is 41.9 Å². The number of anilines is 1. The quantitative estimate of drug-likeness (QED) is 0.546. The summed E-state index contributed by atoms with van der Waals surface area (Å²) in [5.74, 6) is 0. The van der Waals surface area contributed by atoms with Crippen molar-refractivity contribution < 1.29 is 4.42 Å². The van der Waals surface area contributed by atoms with E-state index in [0.29, 0.717) is 22.9 Å². The van der Waals surface area contributed by atoms with Crippen LogP contribution in [0.3, 0.4) is 0 Å². The first-order valence-corrected chi connectivity index (χ1v) is 9.59. The second-order valence-electron chi connectivity index (χ2n) is 7.52. The minimum absolute atomic E-state index is 0.362. The fourth-order valence-corrected chi connectivity index (χ4v) is 3.93.